The van der Waals surface area contributed by atoms with E-state index >= 15 is 0 Å². The summed E-state index contributed by atoms with van der Waals surface area (Å²) in [7, 11) is 0. The summed E-state index contributed by atoms with van der Waals surface area (Å²) in [6, 6.07) is 10.3. The van der Waals surface area contributed by atoms with Crippen LogP contribution in [0.4, 0.5) is 0 Å². The van der Waals surface area contributed by atoms with Crippen molar-refractivity contribution in [3.8, 4) is 11.4 Å². The van der Waals surface area contributed by atoms with Crippen LogP contribution in [-0.2, 0) is 13.1 Å². The van der Waals surface area contributed by atoms with E-state index < -0.39 is 0 Å². The van der Waals surface area contributed by atoms with Gasteiger partial charge in [-0.15, -0.1) is 0 Å². The molecule has 16 heavy (non-hydrogen) atoms. The van der Waals surface area contributed by atoms with Crippen molar-refractivity contribution in [3.63, 3.8) is 0 Å². The lowest BCUT2D eigenvalue weighted by Gasteiger charge is -2.22. The third kappa shape index (κ3) is 1.16. The first-order chi connectivity index (χ1) is 7.77. The molecule has 0 aromatic carbocycles. The Bertz CT molecular complexity index is 608. The molecule has 1 aliphatic heterocycles. The molecule has 0 N–H and O–H groups in total. The maximum absolute atomic E-state index is 11.6. The number of aromatic nitrogens is 2. The Labute approximate surface area is 91.4 Å². The van der Waals surface area contributed by atoms with E-state index in [0.29, 0.717) is 13.1 Å². The van der Waals surface area contributed by atoms with Crippen LogP contribution in [0.25, 0.3) is 11.4 Å². The number of pyridine rings is 2. The van der Waals surface area contributed by atoms with Gasteiger partial charge in [0.05, 0.1) is 11.4 Å². The van der Waals surface area contributed by atoms with Crippen molar-refractivity contribution in [2.24, 2.45) is 0 Å². The van der Waals surface area contributed by atoms with Gasteiger partial charge in [0.2, 0.25) is 0 Å². The second-order valence-electron chi connectivity index (χ2n) is 3.80. The Kier molecular flexibility index (Phi) is 1.83. The molecule has 1 aliphatic rings. The summed E-state index contributed by atoms with van der Waals surface area (Å²) in [6.45, 7) is 1.12. The summed E-state index contributed by atoms with van der Waals surface area (Å²) in [4.78, 5) is 23.3. The molecule has 0 spiro atoms. The van der Waals surface area contributed by atoms with E-state index in [1.807, 2.05) is 12.1 Å². The number of hydrogen-bond donors (Lipinski definition) is 0. The smallest absolute Gasteiger partial charge is 0.251 e. The van der Waals surface area contributed by atoms with E-state index in [-0.39, 0.29) is 11.1 Å². The van der Waals surface area contributed by atoms with E-state index in [1.165, 1.54) is 0 Å². The van der Waals surface area contributed by atoms with Crippen LogP contribution in [0.2, 0.25) is 0 Å². The molecule has 0 bridgehead atoms. The highest BCUT2D eigenvalue weighted by molar-refractivity contribution is 5.56. The first-order valence-electron chi connectivity index (χ1n) is 5.17. The topological polar surface area (TPSA) is 44.0 Å². The van der Waals surface area contributed by atoms with E-state index in [1.54, 1.807) is 33.4 Å². The quantitative estimate of drug-likeness (QED) is 0.647. The van der Waals surface area contributed by atoms with Crippen molar-refractivity contribution in [1.82, 2.24) is 9.13 Å². The highest BCUT2D eigenvalue weighted by Gasteiger charge is 2.15. The van der Waals surface area contributed by atoms with Crippen molar-refractivity contribution in [3.05, 3.63) is 57.1 Å². The zero-order valence-corrected chi connectivity index (χ0v) is 8.59. The molecule has 0 saturated heterocycles. The molecule has 0 saturated carbocycles. The van der Waals surface area contributed by atoms with Gasteiger partial charge in [-0.1, -0.05) is 12.1 Å². The lowest BCUT2D eigenvalue weighted by molar-refractivity contribution is 0.530. The summed E-state index contributed by atoms with van der Waals surface area (Å²) >= 11 is 0. The number of nitrogens with zero attached hydrogens (tertiary/aromatic N) is 2. The van der Waals surface area contributed by atoms with Gasteiger partial charge >= 0.3 is 0 Å². The molecule has 0 atom stereocenters. The van der Waals surface area contributed by atoms with E-state index in [9.17, 15) is 9.59 Å². The van der Waals surface area contributed by atoms with E-state index in [4.69, 9.17) is 0 Å². The largest absolute Gasteiger partial charge is 0.305 e. The molecule has 80 valence electrons. The minimum absolute atomic E-state index is 0.0138. The summed E-state index contributed by atoms with van der Waals surface area (Å²) < 4.78 is 3.41. The molecule has 4 nitrogen and oxygen atoms in total. The molecular formula is C12H10N2O2. The third-order valence-electron chi connectivity index (χ3n) is 2.91. The van der Waals surface area contributed by atoms with Gasteiger partial charge in [-0.05, 0) is 12.1 Å². The summed E-state index contributed by atoms with van der Waals surface area (Å²) in [6.07, 6.45) is 0. The van der Waals surface area contributed by atoms with Crippen LogP contribution in [0.3, 0.4) is 0 Å². The zero-order valence-electron chi connectivity index (χ0n) is 8.59. The van der Waals surface area contributed by atoms with Crippen molar-refractivity contribution in [2.45, 2.75) is 13.1 Å². The Morgan fingerprint density at radius 1 is 0.750 bits per heavy atom. The van der Waals surface area contributed by atoms with Crippen LogP contribution in [0, 0.1) is 0 Å². The Balaban J connectivity index is 2.40. The first kappa shape index (κ1) is 9.15. The average Bonchev–Trinajstić information content (AvgIpc) is 2.30. The van der Waals surface area contributed by atoms with Gasteiger partial charge < -0.3 is 9.13 Å². The SMILES string of the molecule is O=c1cccc2n1CCn1c-2cccc1=O. The van der Waals surface area contributed by atoms with Gasteiger partial charge in [0, 0.05) is 25.2 Å². The van der Waals surface area contributed by atoms with Gasteiger partial charge in [-0.25, -0.2) is 0 Å². The maximum atomic E-state index is 11.6. The zero-order chi connectivity index (χ0) is 11.1. The molecule has 2 aromatic rings. The molecular weight excluding hydrogens is 204 g/mol. The minimum atomic E-state index is -0.0138. The molecule has 2 aromatic heterocycles. The van der Waals surface area contributed by atoms with Gasteiger partial charge in [0.1, 0.15) is 0 Å². The summed E-state index contributed by atoms with van der Waals surface area (Å²) in [5, 5.41) is 0. The number of fused-ring (bicyclic) bond motifs is 3. The first-order valence-corrected chi connectivity index (χ1v) is 5.17. The van der Waals surface area contributed by atoms with Crippen molar-refractivity contribution >= 4 is 0 Å². The predicted molar refractivity (Wildman–Crippen MR) is 60.4 cm³/mol. The van der Waals surface area contributed by atoms with Crippen LogP contribution < -0.4 is 11.1 Å². The molecule has 0 fully saturated rings. The van der Waals surface area contributed by atoms with Crippen LogP contribution >= 0.6 is 0 Å². The fourth-order valence-corrected chi connectivity index (χ4v) is 2.15. The van der Waals surface area contributed by atoms with Crippen LogP contribution in [0.5, 0.6) is 0 Å². The Morgan fingerprint density at radius 2 is 1.19 bits per heavy atom. The average molecular weight is 214 g/mol. The number of rotatable bonds is 0. The molecule has 0 amide bonds. The minimum Gasteiger partial charge on any atom is -0.305 e. The van der Waals surface area contributed by atoms with E-state index in [0.717, 1.165) is 11.4 Å². The lowest BCUT2D eigenvalue weighted by atomic mass is 10.2. The third-order valence-corrected chi connectivity index (χ3v) is 2.91. The van der Waals surface area contributed by atoms with E-state index in [2.05, 4.69) is 0 Å². The summed E-state index contributed by atoms with van der Waals surface area (Å²) in [5.41, 5.74) is 1.60. The Hall–Kier alpha value is -2.10. The van der Waals surface area contributed by atoms with Gasteiger partial charge in [0.15, 0.2) is 0 Å². The van der Waals surface area contributed by atoms with Crippen molar-refractivity contribution in [1.29, 1.82) is 0 Å². The molecule has 4 heteroatoms. The fraction of sp³-hybridized carbons (Fsp3) is 0.167. The normalized spacial score (nSPS) is 13.0. The van der Waals surface area contributed by atoms with Crippen molar-refractivity contribution < 1.29 is 0 Å². The van der Waals surface area contributed by atoms with Crippen LogP contribution in [0.15, 0.2) is 46.0 Å². The predicted octanol–water partition coefficient (Wildman–Crippen LogP) is 0.691. The molecule has 0 aliphatic carbocycles. The summed E-state index contributed by atoms with van der Waals surface area (Å²) in [5.74, 6) is 0. The second-order valence-corrected chi connectivity index (χ2v) is 3.80. The lowest BCUT2D eigenvalue weighted by Crippen LogP contribution is -2.33. The molecule has 3 heterocycles. The molecule has 0 radical (unpaired) electrons. The monoisotopic (exact) mass is 214 g/mol. The second kappa shape index (κ2) is 3.20. The molecule has 3 rings (SSSR count). The standard InChI is InChI=1S/C12H10N2O2/c15-11-5-1-3-9-10-4-2-6-12(16)14(10)8-7-13(9)11/h1-6H,7-8H2. The van der Waals surface area contributed by atoms with Gasteiger partial charge in [0.25, 0.3) is 11.1 Å². The van der Waals surface area contributed by atoms with Crippen molar-refractivity contribution in [2.75, 3.05) is 0 Å². The van der Waals surface area contributed by atoms with Gasteiger partial charge in [-0.2, -0.15) is 0 Å². The van der Waals surface area contributed by atoms with Gasteiger partial charge in [-0.3, -0.25) is 9.59 Å². The fourth-order valence-electron chi connectivity index (χ4n) is 2.15. The van der Waals surface area contributed by atoms with Crippen LogP contribution in [-0.4, -0.2) is 9.13 Å². The maximum Gasteiger partial charge on any atom is 0.251 e. The number of hydrogen-bond acceptors (Lipinski definition) is 2. The van der Waals surface area contributed by atoms with Crippen LogP contribution in [0.1, 0.15) is 0 Å². The highest BCUT2D eigenvalue weighted by Crippen LogP contribution is 2.19. The Morgan fingerprint density at radius 3 is 1.62 bits per heavy atom. The molecule has 0 unspecified atom stereocenters. The highest BCUT2D eigenvalue weighted by atomic mass is 16.1.